The topological polar surface area (TPSA) is 97.6 Å². The van der Waals surface area contributed by atoms with E-state index in [0.717, 1.165) is 23.8 Å². The van der Waals surface area contributed by atoms with Gasteiger partial charge in [0.05, 0.1) is 0 Å². The molecule has 0 saturated heterocycles. The first-order chi connectivity index (χ1) is 13.1. The van der Waals surface area contributed by atoms with Crippen molar-refractivity contribution in [2.45, 2.75) is 59.0 Å². The number of carbonyl (C=O) groups excluding carboxylic acids is 2. The molecule has 28 heavy (non-hydrogen) atoms. The van der Waals surface area contributed by atoms with Crippen molar-refractivity contribution in [1.29, 1.82) is 0 Å². The highest BCUT2D eigenvalue weighted by atomic mass is 16.6. The third-order valence-corrected chi connectivity index (χ3v) is 3.98. The number of hydrogen-bond donors (Lipinski definition) is 2. The fourth-order valence-corrected chi connectivity index (χ4v) is 2.72. The predicted molar refractivity (Wildman–Crippen MR) is 109 cm³/mol. The zero-order valence-electron chi connectivity index (χ0n) is 16.9. The molecule has 0 unspecified atom stereocenters. The molecule has 2 N–H and O–H groups in total. The van der Waals surface area contributed by atoms with Gasteiger partial charge < -0.3 is 19.8 Å². The van der Waals surface area contributed by atoms with Gasteiger partial charge in [0, 0.05) is 36.2 Å². The molecule has 1 heterocycles. The Bertz CT molecular complexity index is 896. The minimum absolute atomic E-state index is 0.102. The van der Waals surface area contributed by atoms with Gasteiger partial charge in [0.25, 0.3) is 0 Å². The van der Waals surface area contributed by atoms with Gasteiger partial charge in [-0.05, 0) is 58.2 Å². The quantitative estimate of drug-likeness (QED) is 0.549. The molecule has 152 valence electrons. The van der Waals surface area contributed by atoms with Crippen molar-refractivity contribution in [2.24, 2.45) is 0 Å². The highest BCUT2D eigenvalue weighted by Gasteiger charge is 2.15. The maximum Gasteiger partial charge on any atom is 0.407 e. The van der Waals surface area contributed by atoms with Crippen LogP contribution in [-0.2, 0) is 9.53 Å². The van der Waals surface area contributed by atoms with Gasteiger partial charge >= 0.3 is 11.7 Å². The third-order valence-electron chi connectivity index (χ3n) is 3.98. The zero-order valence-corrected chi connectivity index (χ0v) is 16.9. The molecule has 2 rings (SSSR count). The van der Waals surface area contributed by atoms with Crippen LogP contribution in [0.5, 0.6) is 0 Å². The molecule has 0 saturated carbocycles. The molecule has 0 radical (unpaired) electrons. The Hall–Kier alpha value is -2.83. The minimum atomic E-state index is -0.508. The molecule has 0 aliphatic carbocycles. The molecule has 2 aromatic rings. The average molecular weight is 388 g/mol. The van der Waals surface area contributed by atoms with Crippen LogP contribution in [0.2, 0.25) is 0 Å². The SMILES string of the molecule is Cc1cc(=O)oc2cc(NC(=O)CCCCCNC(=O)OC(C)(C)C)ccc12. The van der Waals surface area contributed by atoms with Gasteiger partial charge in [0.1, 0.15) is 11.2 Å². The summed E-state index contributed by atoms with van der Waals surface area (Å²) < 4.78 is 10.3. The van der Waals surface area contributed by atoms with Gasteiger partial charge in [-0.1, -0.05) is 6.42 Å². The Morgan fingerprint density at radius 2 is 1.86 bits per heavy atom. The van der Waals surface area contributed by atoms with Gasteiger partial charge in [-0.3, -0.25) is 4.79 Å². The summed E-state index contributed by atoms with van der Waals surface area (Å²) in [5.41, 5.74) is 0.970. The van der Waals surface area contributed by atoms with E-state index < -0.39 is 17.3 Å². The van der Waals surface area contributed by atoms with Crippen LogP contribution in [0.25, 0.3) is 11.0 Å². The largest absolute Gasteiger partial charge is 0.444 e. The number of unbranched alkanes of at least 4 members (excludes halogenated alkanes) is 2. The van der Waals surface area contributed by atoms with Crippen LogP contribution in [0.4, 0.5) is 10.5 Å². The highest BCUT2D eigenvalue weighted by molar-refractivity contribution is 5.93. The van der Waals surface area contributed by atoms with Crippen LogP contribution in [0.15, 0.2) is 33.5 Å². The highest BCUT2D eigenvalue weighted by Crippen LogP contribution is 2.21. The number of ether oxygens (including phenoxy) is 1. The Morgan fingerprint density at radius 3 is 2.57 bits per heavy atom. The van der Waals surface area contributed by atoms with E-state index in [0.29, 0.717) is 30.7 Å². The van der Waals surface area contributed by atoms with Crippen molar-refractivity contribution in [2.75, 3.05) is 11.9 Å². The number of hydrogen-bond acceptors (Lipinski definition) is 5. The standard InChI is InChI=1S/C21H28N2O5/c1-14-12-19(25)27-17-13-15(9-10-16(14)17)23-18(24)8-6-5-7-11-22-20(26)28-21(2,3)4/h9-10,12-13H,5-8,11H2,1-4H3,(H,22,26)(H,23,24). The molecular formula is C21H28N2O5. The van der Waals surface area contributed by atoms with Gasteiger partial charge in [-0.15, -0.1) is 0 Å². The summed E-state index contributed by atoms with van der Waals surface area (Å²) in [4.78, 5) is 35.1. The molecule has 0 aliphatic heterocycles. The zero-order chi connectivity index (χ0) is 20.7. The molecule has 0 aliphatic rings. The number of benzene rings is 1. The van der Waals surface area contributed by atoms with Crippen LogP contribution in [-0.4, -0.2) is 24.1 Å². The number of aryl methyl sites for hydroxylation is 1. The summed E-state index contributed by atoms with van der Waals surface area (Å²) in [6, 6.07) is 6.72. The Kier molecular flexibility index (Phi) is 7.20. The molecule has 0 atom stereocenters. The number of anilines is 1. The number of amides is 2. The molecular weight excluding hydrogens is 360 g/mol. The first-order valence-corrected chi connectivity index (χ1v) is 9.45. The fourth-order valence-electron chi connectivity index (χ4n) is 2.72. The first kappa shape index (κ1) is 21.5. The Labute approximate surface area is 164 Å². The second-order valence-electron chi connectivity index (χ2n) is 7.75. The van der Waals surface area contributed by atoms with Crippen LogP contribution < -0.4 is 16.3 Å². The number of nitrogens with one attached hydrogen (secondary N) is 2. The smallest absolute Gasteiger partial charge is 0.407 e. The summed E-state index contributed by atoms with van der Waals surface area (Å²) >= 11 is 0. The van der Waals surface area contributed by atoms with Gasteiger partial charge in [-0.2, -0.15) is 0 Å². The maximum absolute atomic E-state index is 12.1. The molecule has 7 nitrogen and oxygen atoms in total. The maximum atomic E-state index is 12.1. The van der Waals surface area contributed by atoms with Gasteiger partial charge in [0.15, 0.2) is 0 Å². The summed E-state index contributed by atoms with van der Waals surface area (Å²) in [6.07, 6.45) is 2.25. The van der Waals surface area contributed by atoms with E-state index in [2.05, 4.69) is 10.6 Å². The average Bonchev–Trinajstić information content (AvgIpc) is 2.55. The monoisotopic (exact) mass is 388 g/mol. The summed E-state index contributed by atoms with van der Waals surface area (Å²) in [5.74, 6) is -0.102. The van der Waals surface area contributed by atoms with Crippen molar-refractivity contribution >= 4 is 28.7 Å². The molecule has 0 fully saturated rings. The molecule has 0 bridgehead atoms. The molecule has 7 heteroatoms. The van der Waals surface area contributed by atoms with Crippen LogP contribution in [0.1, 0.15) is 52.0 Å². The van der Waals surface area contributed by atoms with E-state index in [1.54, 1.807) is 12.1 Å². The Morgan fingerprint density at radius 1 is 1.11 bits per heavy atom. The van der Waals surface area contributed by atoms with E-state index >= 15 is 0 Å². The molecule has 1 aromatic carbocycles. The van der Waals surface area contributed by atoms with Gasteiger partial charge in [-0.25, -0.2) is 9.59 Å². The van der Waals surface area contributed by atoms with E-state index in [1.807, 2.05) is 33.8 Å². The van der Waals surface area contributed by atoms with E-state index in [9.17, 15) is 14.4 Å². The Balaban J connectivity index is 1.71. The number of carbonyl (C=O) groups is 2. The molecule has 1 aromatic heterocycles. The minimum Gasteiger partial charge on any atom is -0.444 e. The molecule has 2 amide bonds. The summed E-state index contributed by atoms with van der Waals surface area (Å²) in [6.45, 7) is 7.80. The second-order valence-corrected chi connectivity index (χ2v) is 7.75. The van der Waals surface area contributed by atoms with Crippen molar-refractivity contribution in [3.63, 3.8) is 0 Å². The summed E-state index contributed by atoms with van der Waals surface area (Å²) in [5, 5.41) is 6.36. The number of fused-ring (bicyclic) bond motifs is 1. The van der Waals surface area contributed by atoms with Crippen LogP contribution >= 0.6 is 0 Å². The van der Waals surface area contributed by atoms with E-state index in [1.165, 1.54) is 6.07 Å². The lowest BCUT2D eigenvalue weighted by atomic mass is 10.1. The lowest BCUT2D eigenvalue weighted by molar-refractivity contribution is -0.116. The predicted octanol–water partition coefficient (Wildman–Crippen LogP) is 4.13. The van der Waals surface area contributed by atoms with E-state index in [-0.39, 0.29) is 5.91 Å². The van der Waals surface area contributed by atoms with Crippen LogP contribution in [0.3, 0.4) is 0 Å². The first-order valence-electron chi connectivity index (χ1n) is 9.45. The van der Waals surface area contributed by atoms with Crippen molar-refractivity contribution < 1.29 is 18.7 Å². The van der Waals surface area contributed by atoms with Crippen molar-refractivity contribution in [3.05, 3.63) is 40.2 Å². The van der Waals surface area contributed by atoms with Crippen LogP contribution in [0, 0.1) is 6.92 Å². The lowest BCUT2D eigenvalue weighted by Gasteiger charge is -2.19. The number of alkyl carbamates (subject to hydrolysis) is 1. The third kappa shape index (κ3) is 7.06. The fraction of sp³-hybridized carbons (Fsp3) is 0.476. The normalized spacial score (nSPS) is 11.3. The van der Waals surface area contributed by atoms with E-state index in [4.69, 9.17) is 9.15 Å². The van der Waals surface area contributed by atoms with Gasteiger partial charge in [0.2, 0.25) is 5.91 Å². The van der Waals surface area contributed by atoms with Crippen molar-refractivity contribution in [1.82, 2.24) is 5.32 Å². The second kappa shape index (κ2) is 9.39. The summed E-state index contributed by atoms with van der Waals surface area (Å²) in [7, 11) is 0. The van der Waals surface area contributed by atoms with Crippen molar-refractivity contribution in [3.8, 4) is 0 Å². The lowest BCUT2D eigenvalue weighted by Crippen LogP contribution is -2.33. The molecule has 0 spiro atoms. The number of rotatable bonds is 7.